The second kappa shape index (κ2) is 13.4. The summed E-state index contributed by atoms with van der Waals surface area (Å²) in [4.78, 5) is 22.7. The SMILES string of the molecule is CCOc1ncccc1C1C(c2c(O)n(S(=O)(=O)c3ccc(OC)cc3)c3cc(F)ccc23)N(C(=O)O)CC(Cl)N1C1CCN(C)CC1. The predicted molar refractivity (Wildman–Crippen MR) is 177 cm³/mol. The topological polar surface area (TPSA) is 138 Å². The lowest BCUT2D eigenvalue weighted by atomic mass is 9.86. The first-order chi connectivity index (χ1) is 23.0. The summed E-state index contributed by atoms with van der Waals surface area (Å²) in [7, 11) is -1.08. The molecule has 0 spiro atoms. The Bertz CT molecular complexity index is 1920. The molecule has 0 aliphatic carbocycles. The quantitative estimate of drug-likeness (QED) is 0.185. The number of piperidine rings is 1. The highest BCUT2D eigenvalue weighted by Crippen LogP contribution is 2.53. The van der Waals surface area contributed by atoms with Crippen LogP contribution in [0.25, 0.3) is 10.9 Å². The molecule has 6 rings (SSSR count). The fraction of sp³-hybridized carbons (Fsp3) is 0.394. The first-order valence-corrected chi connectivity index (χ1v) is 17.4. The summed E-state index contributed by atoms with van der Waals surface area (Å²) in [5, 5.41) is 22.9. The highest BCUT2D eigenvalue weighted by molar-refractivity contribution is 7.90. The number of nitrogens with zero attached hydrogens (tertiary/aromatic N) is 5. The van der Waals surface area contributed by atoms with Crippen LogP contribution in [0.3, 0.4) is 0 Å². The van der Waals surface area contributed by atoms with Gasteiger partial charge in [-0.1, -0.05) is 6.07 Å². The van der Waals surface area contributed by atoms with Gasteiger partial charge in [0, 0.05) is 28.8 Å². The smallest absolute Gasteiger partial charge is 0.407 e. The first-order valence-electron chi connectivity index (χ1n) is 15.6. The van der Waals surface area contributed by atoms with Gasteiger partial charge in [0.05, 0.1) is 42.8 Å². The molecule has 2 fully saturated rings. The molecule has 4 aromatic rings. The van der Waals surface area contributed by atoms with Crippen molar-refractivity contribution < 1.29 is 37.3 Å². The summed E-state index contributed by atoms with van der Waals surface area (Å²) in [6.45, 7) is 3.47. The molecule has 2 aromatic carbocycles. The molecule has 2 saturated heterocycles. The zero-order valence-corrected chi connectivity index (χ0v) is 28.2. The third-order valence-electron chi connectivity index (χ3n) is 9.18. The standard InChI is InChI=1S/C33H37ClFN5O7S/c1-4-47-31-25(6-5-15-36-31)29-30(38(33(42)43)19-27(34)39(29)21-13-16-37(2)17-14-21)28-24-12-7-20(35)18-26(24)40(32(28)41)48(44,45)23-10-8-22(46-3)9-11-23/h5-12,15,18,21,27,29-30,41H,4,13-14,16-17,19H2,1-3H3,(H,42,43). The van der Waals surface area contributed by atoms with Crippen LogP contribution in [-0.4, -0.2) is 100 Å². The van der Waals surface area contributed by atoms with Crippen LogP contribution in [0.1, 0.15) is 43.0 Å². The van der Waals surface area contributed by atoms with Gasteiger partial charge in [-0.2, -0.15) is 0 Å². The molecule has 12 nitrogen and oxygen atoms in total. The van der Waals surface area contributed by atoms with Crippen molar-refractivity contribution in [3.63, 3.8) is 0 Å². The Labute approximate surface area is 282 Å². The van der Waals surface area contributed by atoms with Crippen molar-refractivity contribution in [1.82, 2.24) is 23.7 Å². The number of fused-ring (bicyclic) bond motifs is 1. The summed E-state index contributed by atoms with van der Waals surface area (Å²) >= 11 is 7.10. The molecule has 1 amide bonds. The number of hydrogen-bond donors (Lipinski definition) is 2. The molecular weight excluding hydrogens is 665 g/mol. The van der Waals surface area contributed by atoms with E-state index in [-0.39, 0.29) is 46.4 Å². The van der Waals surface area contributed by atoms with E-state index < -0.39 is 45.4 Å². The number of piperazine rings is 1. The predicted octanol–water partition coefficient (Wildman–Crippen LogP) is 5.26. The van der Waals surface area contributed by atoms with Gasteiger partial charge in [0.2, 0.25) is 11.8 Å². The molecule has 2 aliphatic heterocycles. The van der Waals surface area contributed by atoms with Gasteiger partial charge >= 0.3 is 6.09 Å². The van der Waals surface area contributed by atoms with Gasteiger partial charge in [-0.25, -0.2) is 26.6 Å². The number of pyridine rings is 1. The molecule has 15 heteroatoms. The third-order valence-corrected chi connectivity index (χ3v) is 11.3. The lowest BCUT2D eigenvalue weighted by molar-refractivity contribution is -0.0312. The van der Waals surface area contributed by atoms with Gasteiger partial charge in [-0.05, 0) is 88.4 Å². The number of carboxylic acid groups (broad SMARTS) is 1. The van der Waals surface area contributed by atoms with Crippen LogP contribution in [0.15, 0.2) is 65.7 Å². The molecular formula is C33H37ClFN5O7S. The van der Waals surface area contributed by atoms with E-state index in [1.807, 2.05) is 11.9 Å². The van der Waals surface area contributed by atoms with Crippen molar-refractivity contribution in [2.75, 3.05) is 40.4 Å². The summed E-state index contributed by atoms with van der Waals surface area (Å²) in [5.74, 6) is -0.821. The summed E-state index contributed by atoms with van der Waals surface area (Å²) in [6, 6.07) is 10.3. The molecule has 48 heavy (non-hydrogen) atoms. The number of aromatic hydroxyl groups is 1. The van der Waals surface area contributed by atoms with Crippen molar-refractivity contribution in [3.8, 4) is 17.5 Å². The van der Waals surface area contributed by atoms with Gasteiger partial charge < -0.3 is 24.6 Å². The number of carbonyl (C=O) groups is 1. The van der Waals surface area contributed by atoms with E-state index in [1.54, 1.807) is 25.3 Å². The summed E-state index contributed by atoms with van der Waals surface area (Å²) in [6.07, 6.45) is 1.68. The molecule has 4 heterocycles. The van der Waals surface area contributed by atoms with E-state index >= 15 is 0 Å². The van der Waals surface area contributed by atoms with Gasteiger partial charge in [-0.15, -0.1) is 11.6 Å². The fourth-order valence-electron chi connectivity index (χ4n) is 6.99. The molecule has 0 saturated carbocycles. The van der Waals surface area contributed by atoms with Gasteiger partial charge in [0.1, 0.15) is 17.1 Å². The number of halogens is 2. The number of likely N-dealkylation sites (tertiary alicyclic amines) is 1. The Morgan fingerprint density at radius 1 is 1.10 bits per heavy atom. The normalized spacial score (nSPS) is 21.4. The second-order valence-corrected chi connectivity index (χ2v) is 14.2. The van der Waals surface area contributed by atoms with E-state index in [9.17, 15) is 27.8 Å². The molecule has 0 radical (unpaired) electrons. The first kappa shape index (κ1) is 33.8. The van der Waals surface area contributed by atoms with E-state index in [1.165, 1.54) is 37.4 Å². The Hall–Kier alpha value is -4.11. The monoisotopic (exact) mass is 701 g/mol. The number of aromatic nitrogens is 2. The van der Waals surface area contributed by atoms with Crippen molar-refractivity contribution in [1.29, 1.82) is 0 Å². The van der Waals surface area contributed by atoms with Gasteiger partial charge in [0.15, 0.2) is 0 Å². The Morgan fingerprint density at radius 2 is 1.81 bits per heavy atom. The van der Waals surface area contributed by atoms with Crippen LogP contribution in [0, 0.1) is 5.82 Å². The lowest BCUT2D eigenvalue weighted by Crippen LogP contribution is -2.59. The van der Waals surface area contributed by atoms with Crippen molar-refractivity contribution in [2.24, 2.45) is 0 Å². The second-order valence-electron chi connectivity index (χ2n) is 11.9. The molecule has 3 unspecified atom stereocenters. The van der Waals surface area contributed by atoms with Gasteiger partial charge in [-0.3, -0.25) is 9.80 Å². The number of rotatable bonds is 8. The minimum Gasteiger partial charge on any atom is -0.497 e. The Kier molecular flexibility index (Phi) is 9.44. The highest BCUT2D eigenvalue weighted by Gasteiger charge is 2.51. The molecule has 2 aromatic heterocycles. The number of methoxy groups -OCH3 is 1. The summed E-state index contributed by atoms with van der Waals surface area (Å²) in [5.41, 5.74) is -0.443. The van der Waals surface area contributed by atoms with Crippen molar-refractivity contribution in [3.05, 3.63) is 77.7 Å². The maximum absolute atomic E-state index is 14.9. The van der Waals surface area contributed by atoms with E-state index in [0.29, 0.717) is 15.3 Å². The maximum atomic E-state index is 14.9. The molecule has 2 aliphatic rings. The average molecular weight is 702 g/mol. The Balaban J connectivity index is 1.65. The minimum absolute atomic E-state index is 0.0118. The Morgan fingerprint density at radius 3 is 2.46 bits per heavy atom. The molecule has 256 valence electrons. The zero-order valence-electron chi connectivity index (χ0n) is 26.7. The van der Waals surface area contributed by atoms with Crippen molar-refractivity contribution in [2.45, 2.75) is 48.3 Å². The van der Waals surface area contributed by atoms with Crippen LogP contribution < -0.4 is 9.47 Å². The largest absolute Gasteiger partial charge is 0.497 e. The average Bonchev–Trinajstić information content (AvgIpc) is 3.36. The van der Waals surface area contributed by atoms with E-state index in [0.717, 1.165) is 43.0 Å². The number of ether oxygens (including phenoxy) is 2. The van der Waals surface area contributed by atoms with E-state index in [4.69, 9.17) is 21.1 Å². The number of benzene rings is 2. The molecule has 0 bridgehead atoms. The molecule has 2 N–H and O–H groups in total. The minimum atomic E-state index is -4.55. The zero-order chi connectivity index (χ0) is 34.3. The van der Waals surface area contributed by atoms with Crippen LogP contribution in [0.5, 0.6) is 17.5 Å². The third kappa shape index (κ3) is 5.91. The number of alkyl halides is 1. The lowest BCUT2D eigenvalue weighted by Gasteiger charge is -2.53. The van der Waals surface area contributed by atoms with Gasteiger partial charge in [0.25, 0.3) is 10.0 Å². The van der Waals surface area contributed by atoms with E-state index in [2.05, 4.69) is 9.88 Å². The summed E-state index contributed by atoms with van der Waals surface area (Å²) < 4.78 is 55.1. The van der Waals surface area contributed by atoms with Crippen LogP contribution in [0.4, 0.5) is 9.18 Å². The van der Waals surface area contributed by atoms with Crippen LogP contribution in [0.2, 0.25) is 0 Å². The number of amides is 1. The molecule has 3 atom stereocenters. The maximum Gasteiger partial charge on any atom is 0.407 e. The number of hydrogen-bond acceptors (Lipinski definition) is 9. The fourth-order valence-corrected chi connectivity index (χ4v) is 8.84. The van der Waals surface area contributed by atoms with Crippen molar-refractivity contribution >= 4 is 38.6 Å². The van der Waals surface area contributed by atoms with Crippen LogP contribution in [-0.2, 0) is 10.0 Å². The highest BCUT2D eigenvalue weighted by atomic mass is 35.5. The van der Waals surface area contributed by atoms with Crippen LogP contribution >= 0.6 is 11.6 Å².